The Labute approximate surface area is 280 Å². The van der Waals surface area contributed by atoms with Crippen LogP contribution in [-0.2, 0) is 0 Å². The van der Waals surface area contributed by atoms with Gasteiger partial charge in [0, 0.05) is 37.9 Å². The SMILES string of the molecule is CCCCCCCN(C(N)=O)c1ccc(N(CCCC)C(N)=O)cc1C(=O)NC1CCN(C(c2ccccc2)c2ccccc2)CC1. The van der Waals surface area contributed by atoms with Gasteiger partial charge in [-0.15, -0.1) is 0 Å². The highest BCUT2D eigenvalue weighted by atomic mass is 16.2. The van der Waals surface area contributed by atoms with Gasteiger partial charge < -0.3 is 16.8 Å². The number of amides is 5. The van der Waals surface area contributed by atoms with Crippen LogP contribution in [0.1, 0.15) is 99.2 Å². The van der Waals surface area contributed by atoms with Crippen LogP contribution in [0.2, 0.25) is 0 Å². The number of carbonyl (C=O) groups excluding carboxylic acids is 3. The largest absolute Gasteiger partial charge is 0.351 e. The van der Waals surface area contributed by atoms with Gasteiger partial charge >= 0.3 is 12.1 Å². The smallest absolute Gasteiger partial charge is 0.319 e. The van der Waals surface area contributed by atoms with Crippen molar-refractivity contribution in [3.63, 3.8) is 0 Å². The number of anilines is 2. The Balaban J connectivity index is 1.55. The number of likely N-dealkylation sites (tertiary alicyclic amines) is 1. The van der Waals surface area contributed by atoms with Crippen LogP contribution in [0.5, 0.6) is 0 Å². The van der Waals surface area contributed by atoms with Crippen molar-refractivity contribution in [2.75, 3.05) is 36.0 Å². The number of carbonyl (C=O) groups is 3. The molecule has 3 aromatic carbocycles. The number of nitrogens with zero attached hydrogens (tertiary/aromatic N) is 3. The number of hydrogen-bond donors (Lipinski definition) is 3. The number of hydrogen-bond acceptors (Lipinski definition) is 4. The van der Waals surface area contributed by atoms with Crippen LogP contribution < -0.4 is 26.6 Å². The van der Waals surface area contributed by atoms with Crippen LogP contribution >= 0.6 is 0 Å². The van der Waals surface area contributed by atoms with Gasteiger partial charge in [0.1, 0.15) is 0 Å². The maximum Gasteiger partial charge on any atom is 0.319 e. The Morgan fingerprint density at radius 3 is 1.85 bits per heavy atom. The average Bonchev–Trinajstić information content (AvgIpc) is 3.08. The maximum absolute atomic E-state index is 14.1. The lowest BCUT2D eigenvalue weighted by molar-refractivity contribution is 0.0901. The summed E-state index contributed by atoms with van der Waals surface area (Å²) in [4.78, 5) is 44.6. The average molecular weight is 641 g/mol. The van der Waals surface area contributed by atoms with Gasteiger partial charge in [0.05, 0.1) is 17.3 Å². The molecule has 5 N–H and O–H groups in total. The van der Waals surface area contributed by atoms with E-state index in [4.69, 9.17) is 11.5 Å². The molecule has 0 aromatic heterocycles. The first-order valence-electron chi connectivity index (χ1n) is 17.3. The van der Waals surface area contributed by atoms with Crippen molar-refractivity contribution in [2.45, 2.75) is 83.7 Å². The number of benzene rings is 3. The van der Waals surface area contributed by atoms with E-state index in [0.717, 1.165) is 70.9 Å². The first-order valence-corrected chi connectivity index (χ1v) is 17.3. The van der Waals surface area contributed by atoms with E-state index in [0.29, 0.717) is 30.0 Å². The molecule has 252 valence electrons. The van der Waals surface area contributed by atoms with Gasteiger partial charge in [-0.2, -0.15) is 0 Å². The van der Waals surface area contributed by atoms with Crippen LogP contribution in [0.4, 0.5) is 21.0 Å². The molecule has 0 atom stereocenters. The number of piperidine rings is 1. The molecule has 1 aliphatic rings. The summed E-state index contributed by atoms with van der Waals surface area (Å²) in [5.41, 5.74) is 15.4. The van der Waals surface area contributed by atoms with Crippen molar-refractivity contribution in [3.05, 3.63) is 95.6 Å². The second kappa shape index (κ2) is 18.1. The Morgan fingerprint density at radius 1 is 0.745 bits per heavy atom. The summed E-state index contributed by atoms with van der Waals surface area (Å²) in [6.07, 6.45) is 8.28. The van der Waals surface area contributed by atoms with Gasteiger partial charge in [-0.25, -0.2) is 9.59 Å². The molecule has 0 aliphatic carbocycles. The summed E-state index contributed by atoms with van der Waals surface area (Å²) >= 11 is 0. The number of rotatable bonds is 16. The predicted octanol–water partition coefficient (Wildman–Crippen LogP) is 7.21. The van der Waals surface area contributed by atoms with E-state index >= 15 is 0 Å². The van der Waals surface area contributed by atoms with Gasteiger partial charge in [0.25, 0.3) is 5.91 Å². The molecule has 1 heterocycles. The molecule has 5 amide bonds. The number of nitrogens with one attached hydrogen (secondary N) is 1. The lowest BCUT2D eigenvalue weighted by Crippen LogP contribution is -2.46. The molecule has 9 nitrogen and oxygen atoms in total. The summed E-state index contributed by atoms with van der Waals surface area (Å²) in [7, 11) is 0. The van der Waals surface area contributed by atoms with Crippen molar-refractivity contribution in [1.82, 2.24) is 10.2 Å². The summed E-state index contributed by atoms with van der Waals surface area (Å²) in [6.45, 7) is 6.67. The maximum atomic E-state index is 14.1. The third-order valence-corrected chi connectivity index (χ3v) is 9.04. The zero-order valence-electron chi connectivity index (χ0n) is 28.1. The number of urea groups is 2. The second-order valence-electron chi connectivity index (χ2n) is 12.5. The normalized spacial score (nSPS) is 13.8. The summed E-state index contributed by atoms with van der Waals surface area (Å²) < 4.78 is 0. The Morgan fingerprint density at radius 2 is 1.30 bits per heavy atom. The molecule has 4 rings (SSSR count). The number of unbranched alkanes of at least 4 members (excludes halogenated alkanes) is 5. The summed E-state index contributed by atoms with van der Waals surface area (Å²) in [5.74, 6) is -0.292. The zero-order chi connectivity index (χ0) is 33.6. The molecule has 1 aliphatic heterocycles. The standard InChI is InChI=1S/C38H52N6O3/c1-3-5-7-8-15-25-44(38(40)47)34-21-20-32(43(37(39)46)24-6-4-2)28-33(34)36(45)41-31-22-26-42(27-23-31)35(29-16-11-9-12-17-29)30-18-13-10-14-19-30/h9-14,16-21,28,31,35H,3-8,15,22-27H2,1-2H3,(H2,39,46)(H2,40,47)(H,41,45). The van der Waals surface area contributed by atoms with Crippen molar-refractivity contribution in [1.29, 1.82) is 0 Å². The molecule has 9 heteroatoms. The molecule has 0 radical (unpaired) electrons. The number of nitrogens with two attached hydrogens (primary N) is 2. The first kappa shape index (κ1) is 35.5. The molecule has 0 spiro atoms. The van der Waals surface area contributed by atoms with Gasteiger partial charge in [-0.3, -0.25) is 19.5 Å². The predicted molar refractivity (Wildman–Crippen MR) is 191 cm³/mol. The molecule has 1 fully saturated rings. The van der Waals surface area contributed by atoms with Crippen LogP contribution in [0.15, 0.2) is 78.9 Å². The van der Waals surface area contributed by atoms with Gasteiger partial charge in [0.2, 0.25) is 0 Å². The second-order valence-corrected chi connectivity index (χ2v) is 12.5. The minimum absolute atomic E-state index is 0.0501. The van der Waals surface area contributed by atoms with E-state index in [1.165, 1.54) is 20.9 Å². The topological polar surface area (TPSA) is 125 Å². The zero-order valence-corrected chi connectivity index (χ0v) is 28.1. The quantitative estimate of drug-likeness (QED) is 0.143. The van der Waals surface area contributed by atoms with E-state index < -0.39 is 12.1 Å². The molecular formula is C38H52N6O3. The minimum Gasteiger partial charge on any atom is -0.351 e. The molecule has 3 aromatic rings. The molecule has 47 heavy (non-hydrogen) atoms. The highest BCUT2D eigenvalue weighted by Gasteiger charge is 2.30. The third-order valence-electron chi connectivity index (χ3n) is 9.04. The highest BCUT2D eigenvalue weighted by Crippen LogP contribution is 2.32. The fraction of sp³-hybridized carbons (Fsp3) is 0.447. The van der Waals surface area contributed by atoms with Gasteiger partial charge in [0.15, 0.2) is 0 Å². The summed E-state index contributed by atoms with van der Waals surface area (Å²) in [5, 5.41) is 3.25. The lowest BCUT2D eigenvalue weighted by Gasteiger charge is -2.38. The molecular weight excluding hydrogens is 588 g/mol. The minimum atomic E-state index is -0.610. The van der Waals surface area contributed by atoms with Gasteiger partial charge in [-0.05, 0) is 55.0 Å². The third kappa shape index (κ3) is 9.81. The van der Waals surface area contributed by atoms with E-state index in [2.05, 4.69) is 65.7 Å². The molecule has 0 bridgehead atoms. The van der Waals surface area contributed by atoms with Crippen LogP contribution in [0.3, 0.4) is 0 Å². The van der Waals surface area contributed by atoms with Crippen molar-refractivity contribution in [3.8, 4) is 0 Å². The fourth-order valence-electron chi connectivity index (χ4n) is 6.46. The lowest BCUT2D eigenvalue weighted by atomic mass is 9.94. The summed E-state index contributed by atoms with van der Waals surface area (Å²) in [6, 6.07) is 25.1. The highest BCUT2D eigenvalue weighted by molar-refractivity contribution is 6.06. The van der Waals surface area contributed by atoms with E-state index in [1.54, 1.807) is 18.2 Å². The Hall–Kier alpha value is -4.37. The van der Waals surface area contributed by atoms with E-state index in [-0.39, 0.29) is 18.0 Å². The first-order chi connectivity index (χ1) is 22.8. The van der Waals surface area contributed by atoms with Crippen LogP contribution in [0.25, 0.3) is 0 Å². The van der Waals surface area contributed by atoms with E-state index in [1.807, 2.05) is 19.1 Å². The van der Waals surface area contributed by atoms with Gasteiger partial charge in [-0.1, -0.05) is 107 Å². The van der Waals surface area contributed by atoms with Crippen molar-refractivity contribution < 1.29 is 14.4 Å². The van der Waals surface area contributed by atoms with Crippen molar-refractivity contribution >= 4 is 29.3 Å². The number of primary amides is 2. The fourth-order valence-corrected chi connectivity index (χ4v) is 6.46. The molecule has 0 unspecified atom stereocenters. The van der Waals surface area contributed by atoms with Crippen LogP contribution in [-0.4, -0.2) is 55.1 Å². The Bertz CT molecular complexity index is 1390. The molecule has 0 saturated carbocycles. The molecule has 1 saturated heterocycles. The monoisotopic (exact) mass is 640 g/mol. The van der Waals surface area contributed by atoms with Crippen molar-refractivity contribution in [2.24, 2.45) is 11.5 Å². The Kier molecular flexibility index (Phi) is 13.7. The van der Waals surface area contributed by atoms with E-state index in [9.17, 15) is 14.4 Å². The van der Waals surface area contributed by atoms with Crippen LogP contribution in [0, 0.1) is 0 Å².